The van der Waals surface area contributed by atoms with Gasteiger partial charge in [0.2, 0.25) is 23.7 Å². The second-order valence-electron chi connectivity index (χ2n) is 17.1. The number of hydrogen-bond acceptors (Lipinski definition) is 17. The predicted octanol–water partition coefficient (Wildman–Crippen LogP) is 3.70. The van der Waals surface area contributed by atoms with E-state index in [1.54, 1.807) is 57.7 Å². The van der Waals surface area contributed by atoms with Crippen LogP contribution in [-0.4, -0.2) is 154 Å². The van der Waals surface area contributed by atoms with Gasteiger partial charge in [-0.15, -0.1) is 0 Å². The zero-order valence-electron chi connectivity index (χ0n) is 41.8. The van der Waals surface area contributed by atoms with Crippen LogP contribution in [0.3, 0.4) is 0 Å². The maximum Gasteiger partial charge on any atom is 0.409 e. The molecule has 0 bridgehead atoms. The fraction of sp³-hybridized carbons (Fsp3) is 0.426. The number of fused-ring (bicyclic) bond motifs is 2. The van der Waals surface area contributed by atoms with Gasteiger partial charge in [-0.3, -0.25) is 39.4 Å². The molecule has 1 fully saturated rings. The van der Waals surface area contributed by atoms with Gasteiger partial charge in [0.05, 0.1) is 35.7 Å². The number of piperazine rings is 1. The van der Waals surface area contributed by atoms with Crippen LogP contribution in [0.1, 0.15) is 71.0 Å². The first-order valence-corrected chi connectivity index (χ1v) is 26.7. The number of rotatable bonds is 24. The molecule has 1 aliphatic heterocycles. The van der Waals surface area contributed by atoms with Gasteiger partial charge in [0.1, 0.15) is 40.5 Å². The van der Waals surface area contributed by atoms with E-state index in [1.165, 1.54) is 37.5 Å². The Hall–Kier alpha value is -7.45. The molecular weight excluding hydrogens is 985 g/mol. The van der Waals surface area contributed by atoms with Crippen molar-refractivity contribution in [1.82, 2.24) is 44.0 Å². The molecule has 1 unspecified atom stereocenters. The van der Waals surface area contributed by atoms with Crippen molar-refractivity contribution in [3.63, 3.8) is 0 Å². The summed E-state index contributed by atoms with van der Waals surface area (Å²) in [7, 11) is -1.11. The standard InChI is InChI=1S/C47H62N14O10S2/c1-8-51-35(21-28(3)48)43(64)54-45-52-33-23-31(41(49)62)25-37(69-6)39(33)59(45)14-10-11-15-60-40-34(53-46(60)55-44(65)36-22-29(4)56-61(36)9-2)24-32(42(50)63)26-38(40)70-20-12-13-57-16-18-58(19-17-57)47(66)71-27-30(5)72-73(7,67)68/h10-11,21-26,30,48,51H,8-9,12-20,27H2,1-7H3,(H2,49,62)(H2,50,63)(H,52,54,64)(H,53,55,65)/b11-10+,35-21-,48-28?. The molecule has 0 spiro atoms. The number of aromatic nitrogens is 6. The third-order valence-electron chi connectivity index (χ3n) is 11.3. The van der Waals surface area contributed by atoms with Gasteiger partial charge < -0.3 is 50.4 Å². The third kappa shape index (κ3) is 14.2. The average Bonchev–Trinajstić information content (AvgIpc) is 4.01. The molecule has 6 rings (SSSR count). The van der Waals surface area contributed by atoms with E-state index in [0.717, 1.165) is 17.0 Å². The molecule has 8 N–H and O–H groups in total. The number of nitrogens with one attached hydrogen (secondary N) is 4. The number of nitrogens with zero attached hydrogens (tertiary/aromatic N) is 8. The first-order valence-electron chi connectivity index (χ1n) is 23.4. The number of hydrogen-bond donors (Lipinski definition) is 6. The van der Waals surface area contributed by atoms with Gasteiger partial charge in [0.15, 0.2) is 8.87 Å². The quantitative estimate of drug-likeness (QED) is 0.0169. The molecule has 26 heteroatoms. The Morgan fingerprint density at radius 1 is 0.890 bits per heavy atom. The number of methoxy groups -OCH3 is 1. The lowest BCUT2D eigenvalue weighted by Gasteiger charge is -2.34. The van der Waals surface area contributed by atoms with E-state index in [1.807, 2.05) is 13.8 Å². The number of aryl methyl sites for hydroxylation is 2. The maximum atomic E-state index is 13.9. The number of ether oxygens (including phenoxy) is 3. The van der Waals surface area contributed by atoms with E-state index in [2.05, 4.69) is 30.9 Å². The number of allylic oxidation sites excluding steroid dienone is 3. The van der Waals surface area contributed by atoms with Crippen molar-refractivity contribution in [2.75, 3.05) is 76.5 Å². The Morgan fingerprint density at radius 2 is 1.48 bits per heavy atom. The molecule has 1 aliphatic rings. The van der Waals surface area contributed by atoms with Crippen LogP contribution < -0.4 is 36.9 Å². The summed E-state index contributed by atoms with van der Waals surface area (Å²) < 4.78 is 45.6. The first kappa shape index (κ1) is 54.9. The molecule has 5 amide bonds. The van der Waals surface area contributed by atoms with Crippen molar-refractivity contribution < 1.29 is 46.6 Å². The number of benzene rings is 2. The second-order valence-corrected chi connectivity index (χ2v) is 21.9. The van der Waals surface area contributed by atoms with Crippen molar-refractivity contribution in [3.8, 4) is 11.5 Å². The molecule has 392 valence electrons. The molecule has 73 heavy (non-hydrogen) atoms. The summed E-state index contributed by atoms with van der Waals surface area (Å²) >= 11 is 0. The highest BCUT2D eigenvalue weighted by Gasteiger charge is 2.26. The van der Waals surface area contributed by atoms with Gasteiger partial charge in [-0.25, -0.2) is 23.2 Å². The highest BCUT2D eigenvalue weighted by Crippen LogP contribution is 2.33. The van der Waals surface area contributed by atoms with Gasteiger partial charge in [-0.2, -0.15) is 5.10 Å². The predicted molar refractivity (Wildman–Crippen MR) is 278 cm³/mol. The SMILES string of the molecule is CCN/C(=C\C(C)=N)C(=O)Nc1nc2cc(C(N)=O)cc(OC)c2n1C/C=C/Cn1c(NC(=O)c2cc(C)nn2CC)nc2cc(C(N)=O)cc(OCCCN3CCN(C(=O)OCC(C)SS(C)(=O)=O)CC3)c21. The van der Waals surface area contributed by atoms with Crippen LogP contribution in [0.4, 0.5) is 16.7 Å². The van der Waals surface area contributed by atoms with Crippen molar-refractivity contribution in [1.29, 1.82) is 5.41 Å². The van der Waals surface area contributed by atoms with E-state index < -0.39 is 43.8 Å². The molecule has 24 nitrogen and oxygen atoms in total. The topological polar surface area (TPSA) is 319 Å². The van der Waals surface area contributed by atoms with Crippen LogP contribution in [0, 0.1) is 12.3 Å². The van der Waals surface area contributed by atoms with Crippen LogP contribution in [0.15, 0.2) is 54.3 Å². The van der Waals surface area contributed by atoms with Crippen LogP contribution in [0.25, 0.3) is 22.1 Å². The normalized spacial score (nSPS) is 13.8. The van der Waals surface area contributed by atoms with E-state index in [0.29, 0.717) is 85.7 Å². The fourth-order valence-corrected chi connectivity index (χ4v) is 10.7. The lowest BCUT2D eigenvalue weighted by atomic mass is 10.1. The van der Waals surface area contributed by atoms with Crippen molar-refractivity contribution in [2.24, 2.45) is 11.5 Å². The Bertz CT molecular complexity index is 3080. The van der Waals surface area contributed by atoms with Gasteiger partial charge in [0, 0.05) is 82.0 Å². The monoisotopic (exact) mass is 1050 g/mol. The summed E-state index contributed by atoms with van der Waals surface area (Å²) in [6, 6.07) is 7.69. The Labute approximate surface area is 425 Å². The van der Waals surface area contributed by atoms with Gasteiger partial charge in [0.25, 0.3) is 11.8 Å². The molecule has 4 heterocycles. The number of primary amides is 2. The Kier molecular flexibility index (Phi) is 18.3. The van der Waals surface area contributed by atoms with Crippen molar-refractivity contribution in [3.05, 3.63) is 76.8 Å². The smallest absolute Gasteiger partial charge is 0.409 e. The van der Waals surface area contributed by atoms with Gasteiger partial charge >= 0.3 is 6.09 Å². The number of carbonyl (C=O) groups excluding carboxylic acids is 5. The van der Waals surface area contributed by atoms with E-state index >= 15 is 0 Å². The highest BCUT2D eigenvalue weighted by atomic mass is 33.1. The van der Waals surface area contributed by atoms with Gasteiger partial charge in [-0.05, 0) is 88.2 Å². The van der Waals surface area contributed by atoms with Crippen molar-refractivity contribution >= 4 is 89.1 Å². The molecule has 5 aromatic rings. The summed E-state index contributed by atoms with van der Waals surface area (Å²) in [4.78, 5) is 78.4. The summed E-state index contributed by atoms with van der Waals surface area (Å²) in [6.45, 7) is 12.5. The molecule has 0 saturated carbocycles. The number of nitrogens with two attached hydrogens (primary N) is 2. The van der Waals surface area contributed by atoms with Crippen LogP contribution >= 0.6 is 10.8 Å². The van der Waals surface area contributed by atoms with Crippen molar-refractivity contribution in [2.45, 2.75) is 65.9 Å². The third-order valence-corrected chi connectivity index (χ3v) is 14.1. The van der Waals surface area contributed by atoms with E-state index in [9.17, 15) is 32.4 Å². The molecule has 0 radical (unpaired) electrons. The zero-order chi connectivity index (χ0) is 53.1. The minimum Gasteiger partial charge on any atom is -0.494 e. The molecule has 0 aliphatic carbocycles. The summed E-state index contributed by atoms with van der Waals surface area (Å²) in [5.41, 5.74) is 14.5. The van der Waals surface area contributed by atoms with E-state index in [-0.39, 0.29) is 72.2 Å². The Balaban J connectivity index is 1.28. The van der Waals surface area contributed by atoms with E-state index in [4.69, 9.17) is 36.1 Å². The molecule has 3 aromatic heterocycles. The largest absolute Gasteiger partial charge is 0.494 e. The number of carbonyl (C=O) groups is 5. The van der Waals surface area contributed by atoms with Crippen LogP contribution in [0.5, 0.6) is 11.5 Å². The second kappa shape index (κ2) is 24.3. The average molecular weight is 1050 g/mol. The maximum absolute atomic E-state index is 13.9. The summed E-state index contributed by atoms with van der Waals surface area (Å²) in [5.74, 6) is -1.69. The minimum absolute atomic E-state index is 0.0303. The molecule has 1 atom stereocenters. The molecule has 2 aromatic carbocycles. The first-order chi connectivity index (χ1) is 34.7. The summed E-state index contributed by atoms with van der Waals surface area (Å²) in [5, 5.41) is 20.7. The Morgan fingerprint density at radius 3 is 2.03 bits per heavy atom. The molecule has 1 saturated heterocycles. The summed E-state index contributed by atoms with van der Waals surface area (Å²) in [6.07, 6.45) is 6.16. The lowest BCUT2D eigenvalue weighted by Crippen LogP contribution is -2.49. The van der Waals surface area contributed by atoms with Crippen LogP contribution in [-0.2, 0) is 38.0 Å². The molecular formula is C47H62N14O10S2. The number of imidazole rings is 2. The van der Waals surface area contributed by atoms with Gasteiger partial charge in [-0.1, -0.05) is 12.2 Å². The number of likely N-dealkylation sites (N-methyl/N-ethyl adjacent to an activating group) is 1. The highest BCUT2D eigenvalue weighted by molar-refractivity contribution is 8.72. The lowest BCUT2D eigenvalue weighted by molar-refractivity contribution is -0.113. The number of anilines is 2. The zero-order valence-corrected chi connectivity index (χ0v) is 43.4. The fourth-order valence-electron chi connectivity index (χ4n) is 8.05. The minimum atomic E-state index is -3.28. The van der Waals surface area contributed by atoms with Crippen LogP contribution in [0.2, 0.25) is 0 Å². The number of amides is 5.